The van der Waals surface area contributed by atoms with Crippen molar-refractivity contribution in [2.75, 3.05) is 16.0 Å². The topological polar surface area (TPSA) is 108 Å². The number of pyridine rings is 1. The van der Waals surface area contributed by atoms with Gasteiger partial charge in [-0.2, -0.15) is 28.1 Å². The molecular weight excluding hydrogens is 447 g/mol. The predicted octanol–water partition coefficient (Wildman–Crippen LogP) is 4.23. The number of halogens is 3. The Morgan fingerprint density at radius 1 is 0.853 bits per heavy atom. The molecule has 1 saturated carbocycles. The van der Waals surface area contributed by atoms with E-state index in [1.54, 1.807) is 12.3 Å². The lowest BCUT2D eigenvalue weighted by Crippen LogP contribution is -2.29. The quantitative estimate of drug-likeness (QED) is 0.385. The summed E-state index contributed by atoms with van der Waals surface area (Å²) in [6.45, 7) is 0.510. The minimum Gasteiger partial charge on any atom is -0.393 e. The number of nitrogens with zero attached hydrogens (tertiary/aromatic N) is 4. The predicted molar refractivity (Wildman–Crippen MR) is 122 cm³/mol. The van der Waals surface area contributed by atoms with Gasteiger partial charge in [-0.25, -0.2) is 0 Å². The van der Waals surface area contributed by atoms with Gasteiger partial charge in [-0.15, -0.1) is 0 Å². The number of alkyl halides is 3. The molecule has 0 bridgehead atoms. The number of benzene rings is 1. The molecule has 0 atom stereocenters. The molecule has 1 aliphatic carbocycles. The zero-order valence-electron chi connectivity index (χ0n) is 18.4. The number of rotatable bonds is 8. The number of nitrogens with one attached hydrogen (secondary N) is 3. The first-order valence-electron chi connectivity index (χ1n) is 11.1. The highest BCUT2D eigenvalue weighted by Crippen LogP contribution is 2.29. The Bertz CT molecular complexity index is 1070. The number of hydrogen-bond acceptors (Lipinski definition) is 8. The van der Waals surface area contributed by atoms with Crippen LogP contribution < -0.4 is 16.0 Å². The molecule has 1 fully saturated rings. The van der Waals surface area contributed by atoms with Crippen LogP contribution in [-0.4, -0.2) is 37.2 Å². The van der Waals surface area contributed by atoms with Gasteiger partial charge in [0.1, 0.15) is 0 Å². The van der Waals surface area contributed by atoms with Crippen LogP contribution in [0.3, 0.4) is 0 Å². The fourth-order valence-corrected chi connectivity index (χ4v) is 3.71. The van der Waals surface area contributed by atoms with Crippen LogP contribution >= 0.6 is 0 Å². The zero-order chi connectivity index (χ0) is 24.0. The lowest BCUT2D eigenvalue weighted by molar-refractivity contribution is -0.137. The van der Waals surface area contributed by atoms with Gasteiger partial charge >= 0.3 is 6.18 Å². The molecular formula is C23H26F3N7O. The van der Waals surface area contributed by atoms with Crippen molar-refractivity contribution in [2.45, 2.75) is 57.1 Å². The van der Waals surface area contributed by atoms with E-state index in [-0.39, 0.29) is 24.6 Å². The van der Waals surface area contributed by atoms with E-state index in [9.17, 15) is 18.3 Å². The largest absolute Gasteiger partial charge is 0.416 e. The van der Waals surface area contributed by atoms with Gasteiger partial charge in [0.25, 0.3) is 0 Å². The maximum Gasteiger partial charge on any atom is 0.416 e. The maximum atomic E-state index is 13.0. The number of aliphatic hydroxyl groups excluding tert-OH is 1. The molecule has 2 heterocycles. The SMILES string of the molecule is OC1CCC(Nc2nc(NCc3cccc(C(F)(F)F)c3)nc(NCc3ccccn3)n2)CC1. The minimum absolute atomic E-state index is 0.114. The van der Waals surface area contributed by atoms with E-state index in [4.69, 9.17) is 0 Å². The Morgan fingerprint density at radius 2 is 1.56 bits per heavy atom. The summed E-state index contributed by atoms with van der Waals surface area (Å²) in [5.74, 6) is 0.895. The van der Waals surface area contributed by atoms with Crippen LogP contribution in [-0.2, 0) is 19.3 Å². The van der Waals surface area contributed by atoms with Crippen molar-refractivity contribution in [1.82, 2.24) is 19.9 Å². The molecule has 3 aromatic rings. The molecule has 0 saturated heterocycles. The smallest absolute Gasteiger partial charge is 0.393 e. The van der Waals surface area contributed by atoms with E-state index < -0.39 is 11.7 Å². The van der Waals surface area contributed by atoms with Gasteiger partial charge in [0.2, 0.25) is 17.8 Å². The number of aliphatic hydroxyl groups is 1. The van der Waals surface area contributed by atoms with E-state index in [0.717, 1.165) is 30.7 Å². The summed E-state index contributed by atoms with van der Waals surface area (Å²) in [4.78, 5) is 17.5. The number of hydrogen-bond donors (Lipinski definition) is 4. The third kappa shape index (κ3) is 6.77. The Hall–Kier alpha value is -3.47. The highest BCUT2D eigenvalue weighted by Gasteiger charge is 2.30. The summed E-state index contributed by atoms with van der Waals surface area (Å²) in [7, 11) is 0. The highest BCUT2D eigenvalue weighted by molar-refractivity contribution is 5.43. The van der Waals surface area contributed by atoms with Crippen molar-refractivity contribution in [3.8, 4) is 0 Å². The molecule has 1 aliphatic rings. The number of aromatic nitrogens is 4. The Morgan fingerprint density at radius 3 is 2.24 bits per heavy atom. The maximum absolute atomic E-state index is 13.0. The van der Waals surface area contributed by atoms with Gasteiger partial charge in [0.15, 0.2) is 0 Å². The van der Waals surface area contributed by atoms with Gasteiger partial charge < -0.3 is 21.1 Å². The van der Waals surface area contributed by atoms with Gasteiger partial charge in [0.05, 0.1) is 23.9 Å². The van der Waals surface area contributed by atoms with Gasteiger partial charge in [-0.1, -0.05) is 18.2 Å². The lowest BCUT2D eigenvalue weighted by Gasteiger charge is -2.26. The standard InChI is InChI=1S/C23H26F3N7O/c24-23(25,26)16-5-3-4-15(12-16)13-28-20-31-21(29-14-18-6-1-2-11-27-18)33-22(32-20)30-17-7-9-19(34)10-8-17/h1-6,11-12,17,19,34H,7-10,13-14H2,(H3,28,29,30,31,32,33). The highest BCUT2D eigenvalue weighted by atomic mass is 19.4. The average Bonchev–Trinajstić information content (AvgIpc) is 2.83. The molecule has 0 unspecified atom stereocenters. The summed E-state index contributed by atoms with van der Waals surface area (Å²) in [5, 5.41) is 19.1. The average molecular weight is 474 g/mol. The van der Waals surface area contributed by atoms with Crippen LogP contribution in [0.1, 0.15) is 42.5 Å². The molecule has 34 heavy (non-hydrogen) atoms. The normalized spacial score (nSPS) is 18.4. The summed E-state index contributed by atoms with van der Waals surface area (Å²) in [5.41, 5.74) is 0.549. The molecule has 8 nitrogen and oxygen atoms in total. The van der Waals surface area contributed by atoms with E-state index >= 15 is 0 Å². The summed E-state index contributed by atoms with van der Waals surface area (Å²) in [6.07, 6.45) is -0.0142. The molecule has 1 aromatic carbocycles. The fraction of sp³-hybridized carbons (Fsp3) is 0.391. The van der Waals surface area contributed by atoms with Crippen LogP contribution in [0.4, 0.5) is 31.0 Å². The van der Waals surface area contributed by atoms with E-state index in [1.165, 1.54) is 6.07 Å². The Balaban J connectivity index is 1.49. The molecule has 0 amide bonds. The van der Waals surface area contributed by atoms with E-state index in [2.05, 4.69) is 35.9 Å². The molecule has 4 N–H and O–H groups in total. The minimum atomic E-state index is -4.41. The molecule has 4 rings (SSSR count). The van der Waals surface area contributed by atoms with Crippen LogP contribution in [0, 0.1) is 0 Å². The van der Waals surface area contributed by atoms with Crippen molar-refractivity contribution < 1.29 is 18.3 Å². The third-order valence-electron chi connectivity index (χ3n) is 5.52. The van der Waals surface area contributed by atoms with Crippen LogP contribution in [0.25, 0.3) is 0 Å². The summed E-state index contributed by atoms with van der Waals surface area (Å²) >= 11 is 0. The Labute approximate surface area is 195 Å². The van der Waals surface area contributed by atoms with Crippen molar-refractivity contribution in [2.24, 2.45) is 0 Å². The van der Waals surface area contributed by atoms with Gasteiger partial charge in [-0.05, 0) is 55.5 Å². The molecule has 180 valence electrons. The van der Waals surface area contributed by atoms with E-state index in [0.29, 0.717) is 36.8 Å². The van der Waals surface area contributed by atoms with Gasteiger partial charge in [-0.3, -0.25) is 4.98 Å². The monoisotopic (exact) mass is 473 g/mol. The Kier molecular flexibility index (Phi) is 7.41. The summed E-state index contributed by atoms with van der Waals surface area (Å²) < 4.78 is 39.1. The number of anilines is 3. The van der Waals surface area contributed by atoms with Crippen molar-refractivity contribution in [3.63, 3.8) is 0 Å². The molecule has 0 radical (unpaired) electrons. The fourth-order valence-electron chi connectivity index (χ4n) is 3.71. The molecule has 0 aliphatic heterocycles. The molecule has 11 heteroatoms. The third-order valence-corrected chi connectivity index (χ3v) is 5.52. The lowest BCUT2D eigenvalue weighted by atomic mass is 9.93. The first-order chi connectivity index (χ1) is 16.3. The van der Waals surface area contributed by atoms with Crippen LogP contribution in [0.5, 0.6) is 0 Å². The molecule has 0 spiro atoms. The second-order valence-electron chi connectivity index (χ2n) is 8.18. The van der Waals surface area contributed by atoms with Crippen LogP contribution in [0.2, 0.25) is 0 Å². The first kappa shape index (κ1) is 23.7. The van der Waals surface area contributed by atoms with Crippen molar-refractivity contribution >= 4 is 17.8 Å². The molecule has 2 aromatic heterocycles. The van der Waals surface area contributed by atoms with Gasteiger partial charge in [0, 0.05) is 18.8 Å². The van der Waals surface area contributed by atoms with Crippen molar-refractivity contribution in [3.05, 3.63) is 65.5 Å². The van der Waals surface area contributed by atoms with Crippen molar-refractivity contribution in [1.29, 1.82) is 0 Å². The second-order valence-corrected chi connectivity index (χ2v) is 8.18. The zero-order valence-corrected chi connectivity index (χ0v) is 18.4. The second kappa shape index (κ2) is 10.6. The first-order valence-corrected chi connectivity index (χ1v) is 11.1. The van der Waals surface area contributed by atoms with Crippen LogP contribution in [0.15, 0.2) is 48.7 Å². The van der Waals surface area contributed by atoms with E-state index in [1.807, 2.05) is 18.2 Å². The summed E-state index contributed by atoms with van der Waals surface area (Å²) in [6, 6.07) is 10.8.